The van der Waals surface area contributed by atoms with Crippen molar-refractivity contribution in [3.05, 3.63) is 88.7 Å². The first kappa shape index (κ1) is 19.6. The molecular weight excluding hydrogens is 388 g/mol. The summed E-state index contributed by atoms with van der Waals surface area (Å²) in [6.07, 6.45) is 5.70. The van der Waals surface area contributed by atoms with Crippen LogP contribution in [0.1, 0.15) is 30.1 Å². The molecule has 0 unspecified atom stereocenters. The number of fused-ring (bicyclic) bond motifs is 1. The van der Waals surface area contributed by atoms with E-state index in [1.165, 1.54) is 0 Å². The quantitative estimate of drug-likeness (QED) is 0.517. The van der Waals surface area contributed by atoms with Crippen molar-refractivity contribution in [1.29, 1.82) is 0 Å². The second-order valence-corrected chi connectivity index (χ2v) is 8.41. The molecule has 2 heterocycles. The van der Waals surface area contributed by atoms with E-state index < -0.39 is 0 Å². The van der Waals surface area contributed by atoms with E-state index in [1.807, 2.05) is 65.2 Å². The molecule has 1 saturated carbocycles. The topological polar surface area (TPSA) is 62.6 Å². The molecule has 0 spiro atoms. The maximum Gasteiger partial charge on any atom is 0.274 e. The Morgan fingerprint density at radius 2 is 1.94 bits per heavy atom. The lowest BCUT2D eigenvalue weighted by molar-refractivity contribution is 0.161. The summed E-state index contributed by atoms with van der Waals surface area (Å²) in [5.41, 5.74) is 3.16. The van der Waals surface area contributed by atoms with Gasteiger partial charge in [-0.05, 0) is 44.6 Å². The molecule has 0 aliphatic heterocycles. The monoisotopic (exact) mass is 414 g/mol. The molecule has 1 N–H and O–H groups in total. The molecule has 1 aliphatic carbocycles. The summed E-state index contributed by atoms with van der Waals surface area (Å²) >= 11 is 0. The molecule has 1 fully saturated rings. The Bertz CT molecular complexity index is 1250. The first-order valence-corrected chi connectivity index (χ1v) is 10.6. The van der Waals surface area contributed by atoms with Gasteiger partial charge in [0.15, 0.2) is 0 Å². The SMILES string of the molecule is CN(C)C1CC(c2nc(-c3cccc(OCc4ccccc4)c3)c3c(=O)[nH]ccn23)C1. The Morgan fingerprint density at radius 3 is 2.71 bits per heavy atom. The van der Waals surface area contributed by atoms with E-state index in [9.17, 15) is 4.79 Å². The van der Waals surface area contributed by atoms with E-state index in [-0.39, 0.29) is 5.56 Å². The van der Waals surface area contributed by atoms with Crippen LogP contribution in [0.15, 0.2) is 71.8 Å². The van der Waals surface area contributed by atoms with Crippen molar-refractivity contribution in [2.75, 3.05) is 14.1 Å². The third-order valence-electron chi connectivity index (χ3n) is 6.16. The third-order valence-corrected chi connectivity index (χ3v) is 6.16. The van der Waals surface area contributed by atoms with E-state index in [2.05, 4.69) is 24.0 Å². The summed E-state index contributed by atoms with van der Waals surface area (Å²) in [5.74, 6) is 2.07. The fraction of sp³-hybridized carbons (Fsp3) is 0.280. The Hall–Kier alpha value is -3.38. The van der Waals surface area contributed by atoms with Gasteiger partial charge >= 0.3 is 0 Å². The average Bonchev–Trinajstić information content (AvgIpc) is 3.13. The highest BCUT2D eigenvalue weighted by Crippen LogP contribution is 2.40. The summed E-state index contributed by atoms with van der Waals surface area (Å²) in [6, 6.07) is 18.5. The number of nitrogens with one attached hydrogen (secondary N) is 1. The molecule has 2 aromatic carbocycles. The number of aromatic nitrogens is 3. The lowest BCUT2D eigenvalue weighted by Crippen LogP contribution is -2.39. The van der Waals surface area contributed by atoms with Crippen molar-refractivity contribution in [2.24, 2.45) is 0 Å². The number of rotatable bonds is 6. The Kier molecular flexibility index (Phi) is 5.08. The largest absolute Gasteiger partial charge is 0.489 e. The number of hydrogen-bond acceptors (Lipinski definition) is 4. The van der Waals surface area contributed by atoms with E-state index in [4.69, 9.17) is 9.72 Å². The van der Waals surface area contributed by atoms with Gasteiger partial charge in [0.05, 0.1) is 0 Å². The molecule has 6 heteroatoms. The molecular formula is C25H26N4O2. The van der Waals surface area contributed by atoms with Gasteiger partial charge in [0.1, 0.15) is 29.4 Å². The van der Waals surface area contributed by atoms with E-state index in [0.717, 1.165) is 35.5 Å². The smallest absolute Gasteiger partial charge is 0.274 e. The van der Waals surface area contributed by atoms with Crippen molar-refractivity contribution in [2.45, 2.75) is 31.4 Å². The first-order chi connectivity index (χ1) is 15.1. The van der Waals surface area contributed by atoms with Gasteiger partial charge in [0.2, 0.25) is 0 Å². The van der Waals surface area contributed by atoms with Crippen molar-refractivity contribution >= 4 is 5.52 Å². The predicted octanol–water partition coefficient (Wildman–Crippen LogP) is 4.08. The first-order valence-electron chi connectivity index (χ1n) is 10.6. The molecule has 2 aromatic heterocycles. The van der Waals surface area contributed by atoms with Crippen LogP contribution in [0.3, 0.4) is 0 Å². The van der Waals surface area contributed by atoms with Gasteiger partial charge in [-0.3, -0.25) is 9.20 Å². The number of benzene rings is 2. The lowest BCUT2D eigenvalue weighted by Gasteiger charge is -2.38. The number of imidazole rings is 1. The molecule has 0 bridgehead atoms. The van der Waals surface area contributed by atoms with Crippen molar-refractivity contribution in [1.82, 2.24) is 19.3 Å². The molecule has 0 atom stereocenters. The summed E-state index contributed by atoms with van der Waals surface area (Å²) in [5, 5.41) is 0. The van der Waals surface area contributed by atoms with Gasteiger partial charge < -0.3 is 14.6 Å². The molecule has 5 rings (SSSR count). The maximum atomic E-state index is 12.7. The molecule has 4 aromatic rings. The minimum atomic E-state index is -0.129. The molecule has 0 amide bonds. The van der Waals surface area contributed by atoms with Crippen LogP contribution in [0.4, 0.5) is 0 Å². The average molecular weight is 415 g/mol. The molecule has 158 valence electrons. The van der Waals surface area contributed by atoms with E-state index in [1.54, 1.807) is 6.20 Å². The van der Waals surface area contributed by atoms with Gasteiger partial charge in [0, 0.05) is 29.9 Å². The highest BCUT2D eigenvalue weighted by Gasteiger charge is 2.35. The van der Waals surface area contributed by atoms with Crippen LogP contribution in [-0.4, -0.2) is 39.4 Å². The molecule has 0 saturated heterocycles. The zero-order valence-corrected chi connectivity index (χ0v) is 17.8. The second kappa shape index (κ2) is 8.04. The number of ether oxygens (including phenoxy) is 1. The van der Waals surface area contributed by atoms with Gasteiger partial charge in [-0.25, -0.2) is 4.98 Å². The zero-order valence-electron chi connectivity index (χ0n) is 17.8. The standard InChI is InChI=1S/C25H26N4O2/c1-28(2)20-13-19(14-20)24-27-22(23-25(30)26-11-12-29(23)24)18-9-6-10-21(15-18)31-16-17-7-4-3-5-8-17/h3-12,15,19-20H,13-14,16H2,1-2H3,(H,26,30). The van der Waals surface area contributed by atoms with Crippen molar-refractivity contribution in [3.63, 3.8) is 0 Å². The van der Waals surface area contributed by atoms with Crippen molar-refractivity contribution < 1.29 is 4.74 Å². The van der Waals surface area contributed by atoms with Crippen LogP contribution in [0, 0.1) is 0 Å². The fourth-order valence-corrected chi connectivity index (χ4v) is 4.26. The third kappa shape index (κ3) is 3.75. The summed E-state index contributed by atoms with van der Waals surface area (Å²) < 4.78 is 7.96. The number of hydrogen-bond donors (Lipinski definition) is 1. The second-order valence-electron chi connectivity index (χ2n) is 8.41. The summed E-state index contributed by atoms with van der Waals surface area (Å²) in [7, 11) is 4.23. The Labute approximate surface area is 181 Å². The van der Waals surface area contributed by atoms with Crippen LogP contribution in [0.2, 0.25) is 0 Å². The molecule has 1 aliphatic rings. The highest BCUT2D eigenvalue weighted by molar-refractivity contribution is 5.78. The minimum Gasteiger partial charge on any atom is -0.489 e. The zero-order chi connectivity index (χ0) is 21.4. The van der Waals surface area contributed by atoms with E-state index in [0.29, 0.717) is 29.8 Å². The van der Waals surface area contributed by atoms with Crippen molar-refractivity contribution in [3.8, 4) is 17.0 Å². The number of H-pyrrole nitrogens is 1. The Balaban J connectivity index is 1.48. The molecule has 31 heavy (non-hydrogen) atoms. The fourth-order valence-electron chi connectivity index (χ4n) is 4.26. The number of nitrogens with zero attached hydrogens (tertiary/aromatic N) is 3. The number of aromatic amines is 1. The van der Waals surface area contributed by atoms with Gasteiger partial charge in [0.25, 0.3) is 5.56 Å². The minimum absolute atomic E-state index is 0.129. The van der Waals surface area contributed by atoms with Crippen LogP contribution in [0.5, 0.6) is 5.75 Å². The van der Waals surface area contributed by atoms with Crippen LogP contribution in [-0.2, 0) is 6.61 Å². The molecule has 0 radical (unpaired) electrons. The van der Waals surface area contributed by atoms with Crippen LogP contribution < -0.4 is 10.3 Å². The summed E-state index contributed by atoms with van der Waals surface area (Å²) in [6.45, 7) is 0.494. The predicted molar refractivity (Wildman–Crippen MR) is 121 cm³/mol. The van der Waals surface area contributed by atoms with Crippen LogP contribution in [0.25, 0.3) is 16.8 Å². The lowest BCUT2D eigenvalue weighted by atomic mass is 9.79. The van der Waals surface area contributed by atoms with E-state index >= 15 is 0 Å². The molecule has 6 nitrogen and oxygen atoms in total. The van der Waals surface area contributed by atoms with Gasteiger partial charge in [-0.1, -0.05) is 42.5 Å². The summed E-state index contributed by atoms with van der Waals surface area (Å²) in [4.78, 5) is 22.8. The van der Waals surface area contributed by atoms with Crippen LogP contribution >= 0.6 is 0 Å². The van der Waals surface area contributed by atoms with Gasteiger partial charge in [-0.15, -0.1) is 0 Å². The van der Waals surface area contributed by atoms with Gasteiger partial charge in [-0.2, -0.15) is 0 Å². The maximum absolute atomic E-state index is 12.7. The normalized spacial score (nSPS) is 18.3. The Morgan fingerprint density at radius 1 is 1.13 bits per heavy atom. The highest BCUT2D eigenvalue weighted by atomic mass is 16.5.